The number of aromatic amines is 1. The molecule has 0 radical (unpaired) electrons. The summed E-state index contributed by atoms with van der Waals surface area (Å²) < 4.78 is 13.5. The fourth-order valence-corrected chi connectivity index (χ4v) is 3.48. The molecule has 1 heterocycles. The summed E-state index contributed by atoms with van der Waals surface area (Å²) >= 11 is 0. The zero-order chi connectivity index (χ0) is 20.1. The van der Waals surface area contributed by atoms with Crippen LogP contribution in [-0.2, 0) is 0 Å². The van der Waals surface area contributed by atoms with Crippen LogP contribution in [0.15, 0.2) is 78.9 Å². The minimum atomic E-state index is -0.310. The lowest BCUT2D eigenvalue weighted by molar-refractivity contribution is 0.0952. The number of nitrogens with one attached hydrogen (secondary N) is 2. The van der Waals surface area contributed by atoms with Crippen molar-refractivity contribution < 1.29 is 9.18 Å². The van der Waals surface area contributed by atoms with Crippen molar-refractivity contribution in [3.05, 3.63) is 90.3 Å². The Morgan fingerprint density at radius 3 is 2.86 bits per heavy atom. The Bertz CT molecular complexity index is 1070. The van der Waals surface area contributed by atoms with Gasteiger partial charge in [0.15, 0.2) is 0 Å². The number of H-pyrrole nitrogens is 1. The van der Waals surface area contributed by atoms with Crippen LogP contribution < -0.4 is 5.32 Å². The van der Waals surface area contributed by atoms with Crippen LogP contribution in [0, 0.1) is 11.7 Å². The molecule has 0 aliphatic heterocycles. The van der Waals surface area contributed by atoms with Gasteiger partial charge in [-0.25, -0.2) is 4.39 Å². The Morgan fingerprint density at radius 1 is 1.14 bits per heavy atom. The number of carbonyl (C=O) groups excluding carboxylic acids is 1. The van der Waals surface area contributed by atoms with E-state index >= 15 is 0 Å². The number of amides is 1. The van der Waals surface area contributed by atoms with Crippen molar-refractivity contribution in [3.8, 4) is 22.5 Å². The van der Waals surface area contributed by atoms with Crippen molar-refractivity contribution in [2.45, 2.75) is 12.8 Å². The van der Waals surface area contributed by atoms with Gasteiger partial charge in [0.25, 0.3) is 5.91 Å². The third-order valence-corrected chi connectivity index (χ3v) is 5.03. The van der Waals surface area contributed by atoms with Crippen molar-refractivity contribution in [1.29, 1.82) is 0 Å². The highest BCUT2D eigenvalue weighted by atomic mass is 19.1. The number of carbonyl (C=O) groups is 1. The molecule has 2 N–H and O–H groups in total. The van der Waals surface area contributed by atoms with Crippen LogP contribution in [0.1, 0.15) is 23.2 Å². The van der Waals surface area contributed by atoms with E-state index in [0.717, 1.165) is 24.1 Å². The van der Waals surface area contributed by atoms with Crippen LogP contribution in [0.3, 0.4) is 0 Å². The van der Waals surface area contributed by atoms with E-state index in [1.807, 2.05) is 30.3 Å². The molecule has 1 unspecified atom stereocenters. The molecule has 29 heavy (non-hydrogen) atoms. The number of hydrogen-bond acceptors (Lipinski definition) is 2. The van der Waals surface area contributed by atoms with Crippen molar-refractivity contribution in [2.75, 3.05) is 6.54 Å². The summed E-state index contributed by atoms with van der Waals surface area (Å²) in [7, 11) is 0. The van der Waals surface area contributed by atoms with E-state index in [2.05, 4.69) is 33.7 Å². The molecular formula is C24H22FN3O. The Kier molecular flexibility index (Phi) is 5.66. The van der Waals surface area contributed by atoms with Gasteiger partial charge in [-0.1, -0.05) is 54.6 Å². The van der Waals surface area contributed by atoms with E-state index in [-0.39, 0.29) is 11.7 Å². The highest BCUT2D eigenvalue weighted by Crippen LogP contribution is 2.27. The van der Waals surface area contributed by atoms with Gasteiger partial charge in [-0.2, -0.15) is 5.10 Å². The van der Waals surface area contributed by atoms with Crippen molar-refractivity contribution in [1.82, 2.24) is 15.5 Å². The summed E-state index contributed by atoms with van der Waals surface area (Å²) in [6.45, 7) is 0.619. The normalized spacial score (nSPS) is 15.4. The minimum Gasteiger partial charge on any atom is -0.352 e. The average molecular weight is 387 g/mol. The molecule has 0 saturated heterocycles. The zero-order valence-electron chi connectivity index (χ0n) is 15.9. The van der Waals surface area contributed by atoms with E-state index in [0.29, 0.717) is 29.3 Å². The first-order valence-corrected chi connectivity index (χ1v) is 9.73. The first-order valence-electron chi connectivity index (χ1n) is 9.73. The summed E-state index contributed by atoms with van der Waals surface area (Å²) in [5.41, 5.74) is 3.38. The van der Waals surface area contributed by atoms with Crippen LogP contribution in [0.25, 0.3) is 22.5 Å². The first-order chi connectivity index (χ1) is 14.2. The fourth-order valence-electron chi connectivity index (χ4n) is 3.48. The van der Waals surface area contributed by atoms with Crippen molar-refractivity contribution in [3.63, 3.8) is 0 Å². The molecule has 0 saturated carbocycles. The smallest absolute Gasteiger partial charge is 0.251 e. The highest BCUT2D eigenvalue weighted by Gasteiger charge is 2.15. The second-order valence-corrected chi connectivity index (χ2v) is 7.08. The van der Waals surface area contributed by atoms with Crippen LogP contribution >= 0.6 is 0 Å². The molecule has 146 valence electrons. The van der Waals surface area contributed by atoms with Crippen LogP contribution in [0.5, 0.6) is 0 Å². The van der Waals surface area contributed by atoms with Crippen molar-refractivity contribution >= 4 is 5.91 Å². The van der Waals surface area contributed by atoms with Crippen molar-refractivity contribution in [2.24, 2.45) is 5.92 Å². The van der Waals surface area contributed by atoms with E-state index in [9.17, 15) is 9.18 Å². The van der Waals surface area contributed by atoms with Crippen LogP contribution in [-0.4, -0.2) is 22.6 Å². The van der Waals surface area contributed by atoms with Crippen LogP contribution in [0.4, 0.5) is 4.39 Å². The van der Waals surface area contributed by atoms with E-state index in [4.69, 9.17) is 0 Å². The molecule has 1 aliphatic rings. The summed E-state index contributed by atoms with van der Waals surface area (Å²) in [5.74, 6) is 0.0462. The number of hydrogen-bond donors (Lipinski definition) is 2. The molecule has 2 aromatic carbocycles. The van der Waals surface area contributed by atoms with Gasteiger partial charge in [0, 0.05) is 23.2 Å². The molecular weight excluding hydrogens is 365 g/mol. The summed E-state index contributed by atoms with van der Waals surface area (Å²) in [4.78, 5) is 12.8. The Hall–Kier alpha value is -3.47. The highest BCUT2D eigenvalue weighted by molar-refractivity contribution is 6.00. The number of benzene rings is 2. The molecule has 0 fully saturated rings. The topological polar surface area (TPSA) is 57.8 Å². The molecule has 4 rings (SSSR count). The molecule has 4 nitrogen and oxygen atoms in total. The molecule has 5 heteroatoms. The second-order valence-electron chi connectivity index (χ2n) is 7.08. The molecule has 1 aromatic heterocycles. The van der Waals surface area contributed by atoms with Gasteiger partial charge in [-0.05, 0) is 43.0 Å². The monoisotopic (exact) mass is 387 g/mol. The van der Waals surface area contributed by atoms with Gasteiger partial charge >= 0.3 is 0 Å². The lowest BCUT2D eigenvalue weighted by atomic mass is 9.97. The molecule has 1 amide bonds. The van der Waals surface area contributed by atoms with Gasteiger partial charge in [0.2, 0.25) is 0 Å². The maximum atomic E-state index is 13.5. The largest absolute Gasteiger partial charge is 0.352 e. The molecule has 0 bridgehead atoms. The van der Waals surface area contributed by atoms with Gasteiger partial charge in [0.1, 0.15) is 5.82 Å². The van der Waals surface area contributed by atoms with Gasteiger partial charge in [-0.3, -0.25) is 9.89 Å². The molecule has 0 spiro atoms. The Balaban J connectivity index is 1.49. The summed E-state index contributed by atoms with van der Waals surface area (Å²) in [5, 5.41) is 10.3. The Morgan fingerprint density at radius 2 is 2.03 bits per heavy atom. The molecule has 1 aliphatic carbocycles. The number of aromatic nitrogens is 2. The number of allylic oxidation sites excluding steroid dienone is 4. The maximum absolute atomic E-state index is 13.5. The van der Waals surface area contributed by atoms with E-state index in [1.54, 1.807) is 18.2 Å². The predicted octanol–water partition coefficient (Wildman–Crippen LogP) is 5.14. The number of halogens is 1. The maximum Gasteiger partial charge on any atom is 0.251 e. The predicted molar refractivity (Wildman–Crippen MR) is 113 cm³/mol. The summed E-state index contributed by atoms with van der Waals surface area (Å²) in [6.07, 6.45) is 10.4. The standard InChI is InChI=1S/C24H22FN3O/c25-19-10-6-9-18(15-19)22-16-23(28-27-22)20-11-4-5-12-21(20)24(29)26-14-13-17-7-2-1-3-8-17/h1-7,9-12,15-17H,8,13-14H2,(H,26,29)(H,27,28). The Labute approximate surface area is 169 Å². The first kappa shape index (κ1) is 18.9. The van der Waals surface area contributed by atoms with Gasteiger partial charge in [0.05, 0.1) is 11.4 Å². The third-order valence-electron chi connectivity index (χ3n) is 5.03. The van der Waals surface area contributed by atoms with E-state index in [1.165, 1.54) is 12.1 Å². The van der Waals surface area contributed by atoms with Gasteiger partial charge in [-0.15, -0.1) is 0 Å². The molecule has 1 atom stereocenters. The SMILES string of the molecule is O=C(NCCC1C=CC=CC1)c1ccccc1-c1cc(-c2cccc(F)c2)n[nH]1. The number of rotatable bonds is 6. The lowest BCUT2D eigenvalue weighted by Gasteiger charge is -2.14. The quantitative estimate of drug-likeness (QED) is 0.616. The zero-order valence-corrected chi connectivity index (χ0v) is 15.9. The average Bonchev–Trinajstić information content (AvgIpc) is 3.25. The number of nitrogens with zero attached hydrogens (tertiary/aromatic N) is 1. The minimum absolute atomic E-state index is 0.113. The molecule has 3 aromatic rings. The van der Waals surface area contributed by atoms with Gasteiger partial charge < -0.3 is 5.32 Å². The van der Waals surface area contributed by atoms with E-state index < -0.39 is 0 Å². The third kappa shape index (κ3) is 4.51. The second kappa shape index (κ2) is 8.69. The lowest BCUT2D eigenvalue weighted by Crippen LogP contribution is -2.26. The van der Waals surface area contributed by atoms with Crippen LogP contribution in [0.2, 0.25) is 0 Å². The fraction of sp³-hybridized carbons (Fsp3) is 0.167. The summed E-state index contributed by atoms with van der Waals surface area (Å²) in [6, 6.07) is 15.5.